The number of nitrogens with two attached hydrogens (primary N) is 1. The van der Waals surface area contributed by atoms with E-state index in [0.717, 1.165) is 22.5 Å². The van der Waals surface area contributed by atoms with Gasteiger partial charge in [0.2, 0.25) is 5.95 Å². The zero-order valence-corrected chi connectivity index (χ0v) is 13.4. The zero-order valence-electron chi connectivity index (χ0n) is 13.4. The Morgan fingerprint density at radius 1 is 1.16 bits per heavy atom. The maximum Gasteiger partial charge on any atom is 0.220 e. The van der Waals surface area contributed by atoms with E-state index in [1.54, 1.807) is 41.3 Å². The Balaban J connectivity index is 1.75. The van der Waals surface area contributed by atoms with E-state index in [1.807, 2.05) is 19.1 Å². The largest absolute Gasteiger partial charge is 0.508 e. The summed E-state index contributed by atoms with van der Waals surface area (Å²) < 4.78 is 1.69. The highest BCUT2D eigenvalue weighted by Gasteiger charge is 2.13. The lowest BCUT2D eigenvalue weighted by molar-refractivity contribution is 0.475. The summed E-state index contributed by atoms with van der Waals surface area (Å²) in [7, 11) is 0. The lowest BCUT2D eigenvalue weighted by Gasteiger charge is -2.06. The minimum absolute atomic E-state index is 0.190. The molecular weight excluding hydrogens is 318 g/mol. The van der Waals surface area contributed by atoms with Crippen LogP contribution in [-0.2, 0) is 0 Å². The minimum Gasteiger partial charge on any atom is -0.508 e. The van der Waals surface area contributed by atoms with Gasteiger partial charge in [0.05, 0.1) is 11.2 Å². The van der Waals surface area contributed by atoms with Crippen molar-refractivity contribution in [2.24, 2.45) is 0 Å². The summed E-state index contributed by atoms with van der Waals surface area (Å²) in [5.74, 6) is 1.04. The summed E-state index contributed by atoms with van der Waals surface area (Å²) in [6, 6.07) is 10.5. The molecule has 0 saturated carbocycles. The van der Waals surface area contributed by atoms with Crippen molar-refractivity contribution in [2.75, 3.05) is 11.1 Å². The Morgan fingerprint density at radius 3 is 2.84 bits per heavy atom. The average Bonchev–Trinajstić information content (AvgIpc) is 2.92. The highest BCUT2D eigenvalue weighted by atomic mass is 16.3. The van der Waals surface area contributed by atoms with E-state index in [0.29, 0.717) is 11.5 Å². The number of hydrogen-bond donors (Lipinski definition) is 3. The first-order chi connectivity index (χ1) is 12.1. The van der Waals surface area contributed by atoms with Gasteiger partial charge in [0.25, 0.3) is 0 Å². The second-order valence-corrected chi connectivity index (χ2v) is 5.55. The number of phenolic OH excluding ortho intramolecular Hbond substituents is 1. The Labute approximate surface area is 143 Å². The van der Waals surface area contributed by atoms with Gasteiger partial charge in [0.15, 0.2) is 0 Å². The van der Waals surface area contributed by atoms with Crippen LogP contribution in [-0.4, -0.2) is 29.7 Å². The van der Waals surface area contributed by atoms with Crippen LogP contribution in [0.25, 0.3) is 16.9 Å². The highest BCUT2D eigenvalue weighted by molar-refractivity contribution is 5.73. The number of benzene rings is 1. The molecule has 8 heteroatoms. The van der Waals surface area contributed by atoms with Crippen molar-refractivity contribution in [2.45, 2.75) is 6.92 Å². The van der Waals surface area contributed by atoms with E-state index in [-0.39, 0.29) is 11.7 Å². The average molecular weight is 333 g/mol. The Hall–Kier alpha value is -3.68. The number of aromatic nitrogens is 5. The molecule has 0 radical (unpaired) electrons. The molecule has 0 aliphatic carbocycles. The molecule has 1 aromatic carbocycles. The third kappa shape index (κ3) is 2.80. The quantitative estimate of drug-likeness (QED) is 0.528. The fraction of sp³-hybridized carbons (Fsp3) is 0.0588. The van der Waals surface area contributed by atoms with E-state index in [9.17, 15) is 5.11 Å². The van der Waals surface area contributed by atoms with E-state index in [2.05, 4.69) is 25.4 Å². The number of hydrogen-bond acceptors (Lipinski definition) is 7. The van der Waals surface area contributed by atoms with Gasteiger partial charge in [-0.05, 0) is 25.1 Å². The van der Waals surface area contributed by atoms with Crippen LogP contribution in [0.1, 0.15) is 5.56 Å². The minimum atomic E-state index is 0.190. The fourth-order valence-electron chi connectivity index (χ4n) is 2.62. The molecule has 25 heavy (non-hydrogen) atoms. The number of nitrogen functional groups attached to an aromatic ring is 1. The predicted octanol–water partition coefficient (Wildman–Crippen LogP) is 2.53. The first kappa shape index (κ1) is 14.9. The van der Waals surface area contributed by atoms with Crippen molar-refractivity contribution in [3.05, 3.63) is 54.5 Å². The van der Waals surface area contributed by atoms with Crippen molar-refractivity contribution >= 4 is 23.0 Å². The maximum atomic E-state index is 9.56. The number of anilines is 3. The Morgan fingerprint density at radius 2 is 2.04 bits per heavy atom. The molecule has 0 atom stereocenters. The SMILES string of the molecule is Cc1c(-c2ccnc(N)n2)nn2cnc(Nc3cccc(O)c3)cc12. The predicted molar refractivity (Wildman–Crippen MR) is 94.6 cm³/mol. The third-order valence-electron chi connectivity index (χ3n) is 3.81. The molecule has 0 unspecified atom stereocenters. The summed E-state index contributed by atoms with van der Waals surface area (Å²) >= 11 is 0. The van der Waals surface area contributed by atoms with Gasteiger partial charge in [0, 0.05) is 29.6 Å². The molecule has 4 N–H and O–H groups in total. The maximum absolute atomic E-state index is 9.56. The molecule has 0 aliphatic rings. The second kappa shape index (κ2) is 5.75. The fourth-order valence-corrected chi connectivity index (χ4v) is 2.62. The molecule has 0 bridgehead atoms. The molecule has 0 amide bonds. The second-order valence-electron chi connectivity index (χ2n) is 5.55. The summed E-state index contributed by atoms with van der Waals surface area (Å²) in [6.07, 6.45) is 3.23. The lowest BCUT2D eigenvalue weighted by atomic mass is 10.2. The number of aryl methyl sites for hydroxylation is 1. The number of nitrogens with zero attached hydrogens (tertiary/aromatic N) is 5. The van der Waals surface area contributed by atoms with Gasteiger partial charge in [0.1, 0.15) is 23.6 Å². The number of fused-ring (bicyclic) bond motifs is 1. The van der Waals surface area contributed by atoms with E-state index >= 15 is 0 Å². The molecular formula is C17H15N7O. The Kier molecular flexibility index (Phi) is 3.42. The smallest absolute Gasteiger partial charge is 0.220 e. The molecule has 4 aromatic rings. The van der Waals surface area contributed by atoms with Crippen LogP contribution >= 0.6 is 0 Å². The summed E-state index contributed by atoms with van der Waals surface area (Å²) in [4.78, 5) is 12.5. The molecule has 8 nitrogen and oxygen atoms in total. The van der Waals surface area contributed by atoms with Gasteiger partial charge in [-0.25, -0.2) is 19.5 Å². The monoisotopic (exact) mass is 333 g/mol. The number of nitrogens with one attached hydrogen (secondary N) is 1. The standard InChI is InChI=1S/C17H15N7O/c1-10-14-8-15(21-11-3-2-4-12(25)7-11)20-9-24(14)23-16(10)13-5-6-19-17(18)22-13/h2-9,21,25H,1H3,(H2,18,19,22). The molecule has 4 rings (SSSR count). The van der Waals surface area contributed by atoms with E-state index < -0.39 is 0 Å². The molecule has 0 fully saturated rings. The molecule has 124 valence electrons. The van der Waals surface area contributed by atoms with E-state index in [1.165, 1.54) is 0 Å². The van der Waals surface area contributed by atoms with Crippen molar-refractivity contribution in [1.82, 2.24) is 24.6 Å². The van der Waals surface area contributed by atoms with Gasteiger partial charge < -0.3 is 16.2 Å². The van der Waals surface area contributed by atoms with Crippen LogP contribution < -0.4 is 11.1 Å². The molecule has 3 aromatic heterocycles. The molecule has 0 spiro atoms. The van der Waals surface area contributed by atoms with Crippen LogP contribution in [0.2, 0.25) is 0 Å². The van der Waals surface area contributed by atoms with Gasteiger partial charge in [-0.15, -0.1) is 0 Å². The summed E-state index contributed by atoms with van der Waals surface area (Å²) in [5.41, 5.74) is 9.65. The molecule has 0 saturated heterocycles. The number of aromatic hydroxyl groups is 1. The van der Waals surface area contributed by atoms with Crippen molar-refractivity contribution in [3.8, 4) is 17.1 Å². The summed E-state index contributed by atoms with van der Waals surface area (Å²) in [6.45, 7) is 1.97. The zero-order chi connectivity index (χ0) is 17.4. The van der Waals surface area contributed by atoms with Gasteiger partial charge >= 0.3 is 0 Å². The van der Waals surface area contributed by atoms with Crippen LogP contribution in [0, 0.1) is 6.92 Å². The normalized spacial score (nSPS) is 10.9. The van der Waals surface area contributed by atoms with Crippen LogP contribution in [0.15, 0.2) is 48.9 Å². The first-order valence-corrected chi connectivity index (χ1v) is 7.60. The van der Waals surface area contributed by atoms with Crippen molar-refractivity contribution in [3.63, 3.8) is 0 Å². The first-order valence-electron chi connectivity index (χ1n) is 7.60. The topological polar surface area (TPSA) is 114 Å². The molecule has 0 aliphatic heterocycles. The van der Waals surface area contributed by atoms with Gasteiger partial charge in [-0.1, -0.05) is 6.07 Å². The van der Waals surface area contributed by atoms with Crippen molar-refractivity contribution in [1.29, 1.82) is 0 Å². The summed E-state index contributed by atoms with van der Waals surface area (Å²) in [5, 5.41) is 17.3. The van der Waals surface area contributed by atoms with Gasteiger partial charge in [-0.2, -0.15) is 5.10 Å². The lowest BCUT2D eigenvalue weighted by Crippen LogP contribution is -1.97. The van der Waals surface area contributed by atoms with Crippen LogP contribution in [0.5, 0.6) is 5.75 Å². The van der Waals surface area contributed by atoms with Gasteiger partial charge in [-0.3, -0.25) is 0 Å². The Bertz CT molecular complexity index is 1070. The number of phenols is 1. The van der Waals surface area contributed by atoms with Crippen molar-refractivity contribution < 1.29 is 5.11 Å². The van der Waals surface area contributed by atoms with E-state index in [4.69, 9.17) is 5.73 Å². The third-order valence-corrected chi connectivity index (χ3v) is 3.81. The highest BCUT2D eigenvalue weighted by Crippen LogP contribution is 2.26. The van der Waals surface area contributed by atoms with Crippen LogP contribution in [0.4, 0.5) is 17.5 Å². The molecule has 3 heterocycles. The number of rotatable bonds is 3. The van der Waals surface area contributed by atoms with Crippen LogP contribution in [0.3, 0.4) is 0 Å².